The number of ether oxygens (including phenoxy) is 1. The van der Waals surface area contributed by atoms with E-state index in [1.807, 2.05) is 0 Å². The first-order valence-corrected chi connectivity index (χ1v) is 12.4. The highest BCUT2D eigenvalue weighted by molar-refractivity contribution is 8.01. The number of methoxy groups -OCH3 is 1. The molecule has 2 aliphatic heterocycles. The number of nitrogens with two attached hydrogens (primary N) is 1. The van der Waals surface area contributed by atoms with E-state index in [1.54, 1.807) is 7.05 Å². The molecule has 0 unspecified atom stereocenters. The van der Waals surface area contributed by atoms with E-state index < -0.39 is 23.0 Å². The summed E-state index contributed by atoms with van der Waals surface area (Å²) in [7, 11) is 9.61. The van der Waals surface area contributed by atoms with Crippen molar-refractivity contribution >= 4 is 35.4 Å². The molecule has 4 rings (SSSR count). The fraction of sp³-hybridized carbons (Fsp3) is 0.476. The Labute approximate surface area is 206 Å². The highest BCUT2D eigenvalue weighted by atomic mass is 32.2. The van der Waals surface area contributed by atoms with E-state index in [4.69, 9.17) is 10.5 Å². The molecule has 2 aromatic rings. The summed E-state index contributed by atoms with van der Waals surface area (Å²) in [5.74, 6) is -1.27. The third kappa shape index (κ3) is 5.61. The number of quaternary nitrogens is 1. The second kappa shape index (κ2) is 10.4. The average molecular weight is 508 g/mol. The predicted molar refractivity (Wildman–Crippen MR) is 127 cm³/mol. The molecule has 0 spiro atoms. The molecule has 0 saturated carbocycles. The predicted octanol–water partition coefficient (Wildman–Crippen LogP) is -0.584. The van der Waals surface area contributed by atoms with E-state index in [9.17, 15) is 14.7 Å². The van der Waals surface area contributed by atoms with Gasteiger partial charge in [-0.1, -0.05) is 42.1 Å². The number of aryl methyl sites for hydroxylation is 1. The van der Waals surface area contributed by atoms with Crippen molar-refractivity contribution in [1.82, 2.24) is 25.1 Å². The Morgan fingerprint density at radius 1 is 1.35 bits per heavy atom. The van der Waals surface area contributed by atoms with Crippen molar-refractivity contribution in [3.05, 3.63) is 47.2 Å². The molecule has 2 aliphatic rings. The number of carboxylic acid groups (broad SMARTS) is 1. The summed E-state index contributed by atoms with van der Waals surface area (Å²) >= 11 is 2.63. The second-order valence-electron chi connectivity index (χ2n) is 8.88. The van der Waals surface area contributed by atoms with E-state index in [0.717, 1.165) is 15.9 Å². The van der Waals surface area contributed by atoms with Gasteiger partial charge in [0.05, 0.1) is 32.8 Å². The Hall–Kier alpha value is -2.45. The van der Waals surface area contributed by atoms with Gasteiger partial charge >= 0.3 is 0 Å². The van der Waals surface area contributed by atoms with Crippen molar-refractivity contribution in [1.29, 1.82) is 0 Å². The Morgan fingerprint density at radius 3 is 2.56 bits per heavy atom. The van der Waals surface area contributed by atoms with Crippen molar-refractivity contribution < 1.29 is 23.9 Å². The molecule has 3 heterocycles. The van der Waals surface area contributed by atoms with Crippen LogP contribution in [-0.4, -0.2) is 92.3 Å². The molecular weight excluding hydrogens is 478 g/mol. The minimum Gasteiger partial charge on any atom is -0.543 e. The lowest BCUT2D eigenvalue weighted by Crippen LogP contribution is -2.79. The van der Waals surface area contributed by atoms with Crippen LogP contribution in [0.2, 0.25) is 0 Å². The van der Waals surface area contributed by atoms with Crippen LogP contribution in [0.15, 0.2) is 46.8 Å². The van der Waals surface area contributed by atoms with Crippen molar-refractivity contribution in [3.8, 4) is 0 Å². The zero-order chi connectivity index (χ0) is 25.1. The van der Waals surface area contributed by atoms with Gasteiger partial charge in [0.2, 0.25) is 10.9 Å². The lowest BCUT2D eigenvalue weighted by atomic mass is 10.00. The maximum Gasteiger partial charge on any atom is 0.278 e. The van der Waals surface area contributed by atoms with E-state index in [-0.39, 0.29) is 5.70 Å². The van der Waals surface area contributed by atoms with E-state index in [0.29, 0.717) is 22.2 Å². The average Bonchev–Trinajstić information content (AvgIpc) is 3.20. The molecule has 184 valence electrons. The van der Waals surface area contributed by atoms with E-state index in [1.165, 1.54) is 40.9 Å². The first kappa shape index (κ1) is 26.2. The van der Waals surface area contributed by atoms with Crippen molar-refractivity contribution in [2.24, 2.45) is 12.8 Å². The smallest absolute Gasteiger partial charge is 0.278 e. The number of hydrogen-bond acceptors (Lipinski definition) is 10. The number of rotatable bonds is 7. The molecule has 13 heteroatoms. The maximum atomic E-state index is 12.2. The first-order chi connectivity index (χ1) is 16.0. The highest BCUT2D eigenvalue weighted by Gasteiger charge is 2.62. The number of carbonyl (C=O) groups is 2. The Morgan fingerprint density at radius 2 is 2.03 bits per heavy atom. The van der Waals surface area contributed by atoms with Crippen LogP contribution in [-0.2, 0) is 27.9 Å². The molecule has 0 bridgehead atoms. The molecular formula is C21H29N7O4S2. The molecule has 1 amide bonds. The highest BCUT2D eigenvalue weighted by Crippen LogP contribution is 2.45. The number of fused-ring (bicyclic) bond motifs is 1. The van der Waals surface area contributed by atoms with Gasteiger partial charge in [0.25, 0.3) is 5.91 Å². The summed E-state index contributed by atoms with van der Waals surface area (Å²) in [6, 6.07) is 10.6. The number of amides is 1. The molecule has 0 radical (unpaired) electrons. The number of thioether (sulfide) groups is 2. The fourth-order valence-electron chi connectivity index (χ4n) is 3.53. The monoisotopic (exact) mass is 507 g/mol. The van der Waals surface area contributed by atoms with E-state index >= 15 is 0 Å². The summed E-state index contributed by atoms with van der Waals surface area (Å²) in [6.07, 6.45) is 0. The number of nitrogens with zero attached hydrogens (tertiary/aromatic N) is 6. The van der Waals surface area contributed by atoms with Crippen LogP contribution >= 0.6 is 23.5 Å². The number of carboxylic acids is 1. The largest absolute Gasteiger partial charge is 0.543 e. The van der Waals surface area contributed by atoms with Crippen LogP contribution in [0.5, 0.6) is 0 Å². The van der Waals surface area contributed by atoms with Gasteiger partial charge in [0.1, 0.15) is 11.9 Å². The molecule has 1 aromatic heterocycles. The number of tetrazole rings is 1. The van der Waals surface area contributed by atoms with Gasteiger partial charge < -0.3 is 19.1 Å². The molecule has 1 aromatic carbocycles. The van der Waals surface area contributed by atoms with Gasteiger partial charge in [0.15, 0.2) is 0 Å². The van der Waals surface area contributed by atoms with Gasteiger partial charge in [-0.05, 0) is 16.0 Å². The third-order valence-corrected chi connectivity index (χ3v) is 7.62. The van der Waals surface area contributed by atoms with Crippen LogP contribution < -0.4 is 10.8 Å². The standard InChI is InChI=1S/C11H14N6O4S2.C10H16N/c1-16-10(13-14-15-16)23-4-5-3-22-9-11(12,21-2)8(20)17(9)6(5)7(18)19;1-11(2,3)9-10-7-5-4-6-8-10/h9H,3-4,12H2,1-2H3,(H,18,19);4-8H,9H2,1-3H3/q;+1/p-1/t9-,11+;/m1./s1. The number of aromatic nitrogens is 4. The number of carbonyl (C=O) groups excluding carboxylic acids is 2. The van der Waals surface area contributed by atoms with Gasteiger partial charge in [-0.15, -0.1) is 16.9 Å². The number of benzene rings is 1. The van der Waals surface area contributed by atoms with Crippen LogP contribution in [0, 0.1) is 0 Å². The topological polar surface area (TPSA) is 139 Å². The summed E-state index contributed by atoms with van der Waals surface area (Å²) < 4.78 is 7.52. The van der Waals surface area contributed by atoms with Gasteiger partial charge in [0, 0.05) is 31.2 Å². The van der Waals surface area contributed by atoms with Crippen molar-refractivity contribution in [3.63, 3.8) is 0 Å². The summed E-state index contributed by atoms with van der Waals surface area (Å²) in [5, 5.41) is 22.5. The molecule has 1 fully saturated rings. The Kier molecular flexibility index (Phi) is 8.03. The van der Waals surface area contributed by atoms with Gasteiger partial charge in [-0.25, -0.2) is 4.68 Å². The molecule has 34 heavy (non-hydrogen) atoms. The minimum atomic E-state index is -1.49. The van der Waals surface area contributed by atoms with Gasteiger partial charge in [-0.2, -0.15) is 0 Å². The molecule has 11 nitrogen and oxygen atoms in total. The fourth-order valence-corrected chi connectivity index (χ4v) is 5.91. The molecule has 0 aliphatic carbocycles. The number of β-lactam (4-membered cyclic amide) rings is 1. The second-order valence-corrected chi connectivity index (χ2v) is 10.9. The SMILES string of the molecule is CO[C@@]1(N)C(=O)N2C(C(=O)[O-])=C(CSc3nnnn3C)CS[C@@H]21.C[N+](C)(C)Cc1ccccc1. The van der Waals surface area contributed by atoms with Crippen LogP contribution in [0.4, 0.5) is 0 Å². The summed E-state index contributed by atoms with van der Waals surface area (Å²) in [6.45, 7) is 1.10. The summed E-state index contributed by atoms with van der Waals surface area (Å²) in [5.41, 5.74) is 6.21. The van der Waals surface area contributed by atoms with Crippen molar-refractivity contribution in [2.45, 2.75) is 22.8 Å². The lowest BCUT2D eigenvalue weighted by Gasteiger charge is -2.55. The third-order valence-electron chi connectivity index (χ3n) is 5.13. The van der Waals surface area contributed by atoms with Crippen LogP contribution in [0.3, 0.4) is 0 Å². The van der Waals surface area contributed by atoms with Crippen molar-refractivity contribution in [2.75, 3.05) is 39.8 Å². The minimum absolute atomic E-state index is 0.139. The molecule has 1 saturated heterocycles. The molecule has 2 N–H and O–H groups in total. The van der Waals surface area contributed by atoms with E-state index in [2.05, 4.69) is 67.0 Å². The number of hydrogen-bond donors (Lipinski definition) is 1. The zero-order valence-electron chi connectivity index (χ0n) is 19.8. The zero-order valence-corrected chi connectivity index (χ0v) is 21.4. The quantitative estimate of drug-likeness (QED) is 0.224. The van der Waals surface area contributed by atoms with Crippen LogP contribution in [0.1, 0.15) is 5.56 Å². The number of aliphatic carboxylic acids is 1. The maximum absolute atomic E-state index is 12.2. The Balaban J connectivity index is 0.000000248. The normalized spacial score (nSPS) is 22.0. The summed E-state index contributed by atoms with van der Waals surface area (Å²) in [4.78, 5) is 24.8. The van der Waals surface area contributed by atoms with Crippen LogP contribution in [0.25, 0.3) is 0 Å². The van der Waals surface area contributed by atoms with Gasteiger partial charge in [-0.3, -0.25) is 15.4 Å². The molecule has 2 atom stereocenters. The lowest BCUT2D eigenvalue weighted by molar-refractivity contribution is -0.884. The first-order valence-electron chi connectivity index (χ1n) is 10.4. The Bertz CT molecular complexity index is 1070.